The van der Waals surface area contributed by atoms with Crippen LogP contribution in [-0.2, 0) is 18.4 Å². The van der Waals surface area contributed by atoms with Gasteiger partial charge in [-0.15, -0.1) is 11.3 Å². The highest BCUT2D eigenvalue weighted by molar-refractivity contribution is 7.18. The van der Waals surface area contributed by atoms with Gasteiger partial charge in [0.2, 0.25) is 5.56 Å². The third-order valence-electron chi connectivity index (χ3n) is 3.04. The van der Waals surface area contributed by atoms with Gasteiger partial charge in [-0.25, -0.2) is 9.78 Å². The number of thiazole rings is 1. The zero-order valence-corrected chi connectivity index (χ0v) is 13.1. The Labute approximate surface area is 134 Å². The first-order valence-electron chi connectivity index (χ1n) is 6.42. The van der Waals surface area contributed by atoms with Gasteiger partial charge in [-0.2, -0.15) is 0 Å². The number of halogens is 1. The lowest BCUT2D eigenvalue weighted by molar-refractivity contribution is 0.0471. The Balaban J connectivity index is 1.74. The van der Waals surface area contributed by atoms with Crippen LogP contribution in [0, 0.1) is 0 Å². The summed E-state index contributed by atoms with van der Waals surface area (Å²) in [4.78, 5) is 27.6. The van der Waals surface area contributed by atoms with E-state index in [2.05, 4.69) is 4.98 Å². The number of ether oxygens (including phenoxy) is 1. The first-order valence-corrected chi connectivity index (χ1v) is 7.61. The number of fused-ring (bicyclic) bond motifs is 1. The van der Waals surface area contributed by atoms with Gasteiger partial charge in [0.15, 0.2) is 0 Å². The van der Waals surface area contributed by atoms with Gasteiger partial charge < -0.3 is 9.30 Å². The van der Waals surface area contributed by atoms with Crippen molar-refractivity contribution in [2.24, 2.45) is 7.05 Å². The Morgan fingerprint density at radius 1 is 1.36 bits per heavy atom. The number of nitrogens with zero attached hydrogens (tertiary/aromatic N) is 2. The molecule has 5 nitrogen and oxygen atoms in total. The standard InChI is InChI=1S/C15H11ClN2O3S/c1-18-7-9(2-5-14(18)19)15(20)21-8-13-17-11-6-10(16)3-4-12(11)22-13/h2-7H,8H2,1H3. The second kappa shape index (κ2) is 5.90. The van der Waals surface area contributed by atoms with Gasteiger partial charge in [-0.3, -0.25) is 4.79 Å². The summed E-state index contributed by atoms with van der Waals surface area (Å²) in [5.74, 6) is -0.493. The lowest BCUT2D eigenvalue weighted by Gasteiger charge is -2.03. The molecule has 3 rings (SSSR count). The first kappa shape index (κ1) is 14.7. The molecule has 0 spiro atoms. The van der Waals surface area contributed by atoms with E-state index in [1.165, 1.54) is 34.2 Å². The number of hydrogen-bond donors (Lipinski definition) is 0. The molecule has 3 aromatic rings. The number of benzene rings is 1. The minimum atomic E-state index is -0.493. The molecule has 0 amide bonds. The predicted molar refractivity (Wildman–Crippen MR) is 85.4 cm³/mol. The maximum atomic E-state index is 12.0. The second-order valence-electron chi connectivity index (χ2n) is 4.66. The molecule has 7 heteroatoms. The summed E-state index contributed by atoms with van der Waals surface area (Å²) in [5, 5.41) is 1.31. The van der Waals surface area contributed by atoms with E-state index in [9.17, 15) is 9.59 Å². The molecule has 2 aromatic heterocycles. The van der Waals surface area contributed by atoms with Gasteiger partial charge in [-0.05, 0) is 24.3 Å². The second-order valence-corrected chi connectivity index (χ2v) is 6.21. The predicted octanol–water partition coefficient (Wildman–Crippen LogP) is 3.01. The maximum Gasteiger partial charge on any atom is 0.340 e. The van der Waals surface area contributed by atoms with Crippen molar-refractivity contribution in [1.29, 1.82) is 0 Å². The third kappa shape index (κ3) is 3.03. The van der Waals surface area contributed by atoms with E-state index in [0.717, 1.165) is 10.2 Å². The van der Waals surface area contributed by atoms with Gasteiger partial charge in [0, 0.05) is 24.3 Å². The summed E-state index contributed by atoms with van der Waals surface area (Å²) < 4.78 is 7.54. The fourth-order valence-electron chi connectivity index (χ4n) is 1.94. The number of pyridine rings is 1. The summed E-state index contributed by atoms with van der Waals surface area (Å²) in [7, 11) is 1.58. The molecule has 0 saturated heterocycles. The van der Waals surface area contributed by atoms with E-state index in [1.807, 2.05) is 6.07 Å². The third-order valence-corrected chi connectivity index (χ3v) is 4.29. The van der Waals surface area contributed by atoms with Gasteiger partial charge in [0.05, 0.1) is 15.8 Å². The molecule has 2 heterocycles. The van der Waals surface area contributed by atoms with Crippen LogP contribution in [0.3, 0.4) is 0 Å². The fourth-order valence-corrected chi connectivity index (χ4v) is 2.96. The van der Waals surface area contributed by atoms with Crippen molar-refractivity contribution in [1.82, 2.24) is 9.55 Å². The van der Waals surface area contributed by atoms with Gasteiger partial charge in [-0.1, -0.05) is 11.6 Å². The zero-order valence-electron chi connectivity index (χ0n) is 11.6. The van der Waals surface area contributed by atoms with Crippen LogP contribution in [-0.4, -0.2) is 15.5 Å². The number of esters is 1. The van der Waals surface area contributed by atoms with Crippen LogP contribution in [0.2, 0.25) is 5.02 Å². The average Bonchev–Trinajstić information content (AvgIpc) is 2.89. The highest BCUT2D eigenvalue weighted by atomic mass is 35.5. The van der Waals surface area contributed by atoms with E-state index in [4.69, 9.17) is 16.3 Å². The van der Waals surface area contributed by atoms with E-state index in [-0.39, 0.29) is 12.2 Å². The van der Waals surface area contributed by atoms with Crippen molar-refractivity contribution in [3.63, 3.8) is 0 Å². The average molecular weight is 335 g/mol. The normalized spacial score (nSPS) is 10.8. The number of aryl methyl sites for hydroxylation is 1. The van der Waals surface area contributed by atoms with E-state index in [1.54, 1.807) is 19.2 Å². The van der Waals surface area contributed by atoms with Crippen molar-refractivity contribution >= 4 is 39.1 Å². The van der Waals surface area contributed by atoms with Crippen molar-refractivity contribution in [2.45, 2.75) is 6.61 Å². The molecule has 112 valence electrons. The molecule has 0 aliphatic carbocycles. The van der Waals surface area contributed by atoms with E-state index in [0.29, 0.717) is 15.6 Å². The number of rotatable bonds is 3. The first-order chi connectivity index (χ1) is 10.5. The molecular formula is C15H11ClN2O3S. The molecule has 0 saturated carbocycles. The Hall–Kier alpha value is -2.18. The lowest BCUT2D eigenvalue weighted by Crippen LogP contribution is -2.17. The SMILES string of the molecule is Cn1cc(C(=O)OCc2nc3cc(Cl)ccc3s2)ccc1=O. The Morgan fingerprint density at radius 3 is 2.95 bits per heavy atom. The monoisotopic (exact) mass is 334 g/mol. The minimum absolute atomic E-state index is 0.0820. The van der Waals surface area contributed by atoms with E-state index < -0.39 is 5.97 Å². The number of carbonyl (C=O) groups is 1. The van der Waals surface area contributed by atoms with Crippen molar-refractivity contribution < 1.29 is 9.53 Å². The van der Waals surface area contributed by atoms with E-state index >= 15 is 0 Å². The fraction of sp³-hybridized carbons (Fsp3) is 0.133. The molecule has 0 radical (unpaired) electrons. The summed E-state index contributed by atoms with van der Waals surface area (Å²) in [6.45, 7) is 0.0820. The Bertz CT molecular complexity index is 917. The van der Waals surface area contributed by atoms with Crippen LogP contribution in [0.4, 0.5) is 0 Å². The quantitative estimate of drug-likeness (QED) is 0.691. The highest BCUT2D eigenvalue weighted by Crippen LogP contribution is 2.25. The lowest BCUT2D eigenvalue weighted by atomic mass is 10.3. The maximum absolute atomic E-state index is 12.0. The topological polar surface area (TPSA) is 61.2 Å². The molecule has 0 aliphatic heterocycles. The highest BCUT2D eigenvalue weighted by Gasteiger charge is 2.11. The molecule has 1 aromatic carbocycles. The number of hydrogen-bond acceptors (Lipinski definition) is 5. The van der Waals surface area contributed by atoms with Crippen molar-refractivity contribution in [3.8, 4) is 0 Å². The Kier molecular flexibility index (Phi) is 3.96. The van der Waals surface area contributed by atoms with Crippen molar-refractivity contribution in [2.75, 3.05) is 0 Å². The molecule has 0 atom stereocenters. The Morgan fingerprint density at radius 2 is 2.18 bits per heavy atom. The molecule has 0 fully saturated rings. The van der Waals surface area contributed by atoms with Crippen LogP contribution in [0.25, 0.3) is 10.2 Å². The van der Waals surface area contributed by atoms with Gasteiger partial charge >= 0.3 is 5.97 Å². The van der Waals surface area contributed by atoms with Crippen LogP contribution >= 0.6 is 22.9 Å². The van der Waals surface area contributed by atoms with Crippen LogP contribution < -0.4 is 5.56 Å². The van der Waals surface area contributed by atoms with Crippen LogP contribution in [0.15, 0.2) is 41.3 Å². The molecule has 22 heavy (non-hydrogen) atoms. The minimum Gasteiger partial charge on any atom is -0.455 e. The number of carbonyl (C=O) groups excluding carboxylic acids is 1. The smallest absolute Gasteiger partial charge is 0.340 e. The summed E-state index contributed by atoms with van der Waals surface area (Å²) in [5.41, 5.74) is 0.927. The largest absolute Gasteiger partial charge is 0.455 e. The van der Waals surface area contributed by atoms with Crippen LogP contribution in [0.1, 0.15) is 15.4 Å². The molecule has 0 N–H and O–H groups in total. The summed E-state index contributed by atoms with van der Waals surface area (Å²) >= 11 is 7.36. The van der Waals surface area contributed by atoms with Crippen LogP contribution in [0.5, 0.6) is 0 Å². The summed E-state index contributed by atoms with van der Waals surface area (Å²) in [6.07, 6.45) is 1.45. The summed E-state index contributed by atoms with van der Waals surface area (Å²) in [6, 6.07) is 8.22. The zero-order chi connectivity index (χ0) is 15.7. The van der Waals surface area contributed by atoms with Crippen molar-refractivity contribution in [3.05, 3.63) is 62.5 Å². The van der Waals surface area contributed by atoms with Gasteiger partial charge in [0.25, 0.3) is 0 Å². The molecule has 0 aliphatic rings. The molecule has 0 unspecified atom stereocenters. The molecule has 0 bridgehead atoms. The van der Waals surface area contributed by atoms with Gasteiger partial charge in [0.1, 0.15) is 11.6 Å². The number of aromatic nitrogens is 2. The molecular weight excluding hydrogens is 324 g/mol.